The summed E-state index contributed by atoms with van der Waals surface area (Å²) in [6.07, 6.45) is 2.03. The molecule has 1 N–H and O–H groups in total. The topological polar surface area (TPSA) is 32.3 Å². The molecule has 0 radical (unpaired) electrons. The van der Waals surface area contributed by atoms with E-state index in [1.165, 1.54) is 5.56 Å². The Balaban J connectivity index is 1.70. The number of nitrogens with zero attached hydrogens (tertiary/aromatic N) is 1. The van der Waals surface area contributed by atoms with Gasteiger partial charge in [0.2, 0.25) is 0 Å². The molecule has 4 heteroatoms. The predicted molar refractivity (Wildman–Crippen MR) is 93.1 cm³/mol. The molecule has 3 nitrogen and oxygen atoms in total. The molecule has 1 amide bonds. The van der Waals surface area contributed by atoms with Crippen LogP contribution in [-0.2, 0) is 11.3 Å². The van der Waals surface area contributed by atoms with Crippen LogP contribution in [0.3, 0.4) is 0 Å². The van der Waals surface area contributed by atoms with E-state index in [9.17, 15) is 4.79 Å². The van der Waals surface area contributed by atoms with Gasteiger partial charge >= 0.3 is 0 Å². The van der Waals surface area contributed by atoms with Gasteiger partial charge in [-0.15, -0.1) is 0 Å². The molecule has 2 aromatic rings. The fourth-order valence-corrected chi connectivity index (χ4v) is 3.53. The van der Waals surface area contributed by atoms with E-state index in [1.807, 2.05) is 48.5 Å². The quantitative estimate of drug-likeness (QED) is 0.835. The van der Waals surface area contributed by atoms with Crippen LogP contribution >= 0.6 is 11.6 Å². The minimum absolute atomic E-state index is 0.0178. The number of carbonyl (C=O) groups excluding carboxylic acids is 1. The van der Waals surface area contributed by atoms with Crippen LogP contribution in [0.4, 0.5) is 5.69 Å². The number of benzene rings is 2. The maximum absolute atomic E-state index is 12.4. The number of anilines is 1. The Labute approximate surface area is 140 Å². The summed E-state index contributed by atoms with van der Waals surface area (Å²) in [6, 6.07) is 15.8. The molecular formula is C19H17ClN2O. The highest BCUT2D eigenvalue weighted by Gasteiger charge is 2.31. The first-order chi connectivity index (χ1) is 11.2. The van der Waals surface area contributed by atoms with Crippen LogP contribution in [-0.4, -0.2) is 17.4 Å². The van der Waals surface area contributed by atoms with Gasteiger partial charge in [0.1, 0.15) is 0 Å². The zero-order chi connectivity index (χ0) is 15.8. The minimum atomic E-state index is 0.0178. The molecule has 0 spiro atoms. The van der Waals surface area contributed by atoms with Crippen LogP contribution in [0.25, 0.3) is 5.57 Å². The molecule has 23 heavy (non-hydrogen) atoms. The van der Waals surface area contributed by atoms with E-state index >= 15 is 0 Å². The second kappa shape index (κ2) is 5.74. The highest BCUT2D eigenvalue weighted by molar-refractivity contribution is 6.32. The maximum atomic E-state index is 12.4. The first kappa shape index (κ1) is 14.3. The van der Waals surface area contributed by atoms with Crippen LogP contribution in [0.5, 0.6) is 0 Å². The van der Waals surface area contributed by atoms with Crippen molar-refractivity contribution in [2.45, 2.75) is 19.4 Å². The molecule has 1 fully saturated rings. The van der Waals surface area contributed by atoms with Crippen LogP contribution < -0.4 is 5.32 Å². The SMILES string of the molecule is O=C1Nc2ccccc2C1=C1CCCN1Cc1ccc(Cl)cc1. The van der Waals surface area contributed by atoms with E-state index in [1.54, 1.807) is 0 Å². The molecule has 0 aliphatic carbocycles. The fourth-order valence-electron chi connectivity index (χ4n) is 3.40. The number of nitrogens with one attached hydrogen (secondary N) is 1. The molecule has 2 aliphatic rings. The molecule has 2 aromatic carbocycles. The normalized spacial score (nSPS) is 19.9. The van der Waals surface area contributed by atoms with E-state index in [4.69, 9.17) is 11.6 Å². The Bertz CT molecular complexity index is 795. The smallest absolute Gasteiger partial charge is 0.258 e. The van der Waals surface area contributed by atoms with Crippen molar-refractivity contribution in [3.8, 4) is 0 Å². The van der Waals surface area contributed by atoms with Gasteiger partial charge in [0.05, 0.1) is 5.57 Å². The summed E-state index contributed by atoms with van der Waals surface area (Å²) in [5.74, 6) is 0.0178. The first-order valence-electron chi connectivity index (χ1n) is 7.85. The monoisotopic (exact) mass is 324 g/mol. The lowest BCUT2D eigenvalue weighted by molar-refractivity contribution is -0.110. The Hall–Kier alpha value is -2.26. The van der Waals surface area contributed by atoms with Crippen LogP contribution in [0.2, 0.25) is 5.02 Å². The van der Waals surface area contributed by atoms with Crippen molar-refractivity contribution in [3.05, 3.63) is 70.4 Å². The van der Waals surface area contributed by atoms with Gasteiger partial charge in [-0.05, 0) is 36.6 Å². The second-order valence-electron chi connectivity index (χ2n) is 5.97. The fraction of sp³-hybridized carbons (Fsp3) is 0.211. The van der Waals surface area contributed by atoms with Gasteiger partial charge in [-0.1, -0.05) is 41.9 Å². The third-order valence-corrected chi connectivity index (χ3v) is 4.72. The number of hydrogen-bond acceptors (Lipinski definition) is 2. The summed E-state index contributed by atoms with van der Waals surface area (Å²) in [5, 5.41) is 3.72. The third-order valence-electron chi connectivity index (χ3n) is 4.47. The Morgan fingerprint density at radius 1 is 1.09 bits per heavy atom. The largest absolute Gasteiger partial charge is 0.370 e. The van der Waals surface area contributed by atoms with Crippen molar-refractivity contribution < 1.29 is 4.79 Å². The number of hydrogen-bond donors (Lipinski definition) is 1. The Morgan fingerprint density at radius 2 is 1.87 bits per heavy atom. The summed E-state index contributed by atoms with van der Waals surface area (Å²) >= 11 is 5.96. The molecule has 1 saturated heterocycles. The number of halogens is 1. The summed E-state index contributed by atoms with van der Waals surface area (Å²) in [7, 11) is 0. The molecule has 0 atom stereocenters. The average Bonchev–Trinajstić information content (AvgIpc) is 3.12. The van der Waals surface area contributed by atoms with Crippen LogP contribution in [0, 0.1) is 0 Å². The molecule has 116 valence electrons. The lowest BCUT2D eigenvalue weighted by atomic mass is 10.0. The van der Waals surface area contributed by atoms with Crippen molar-refractivity contribution in [3.63, 3.8) is 0 Å². The number of para-hydroxylation sites is 1. The van der Waals surface area contributed by atoms with E-state index in [0.717, 1.165) is 53.5 Å². The van der Waals surface area contributed by atoms with Gasteiger partial charge in [0.15, 0.2) is 0 Å². The van der Waals surface area contributed by atoms with E-state index in [-0.39, 0.29) is 5.91 Å². The Kier molecular flexibility index (Phi) is 3.58. The van der Waals surface area contributed by atoms with Crippen molar-refractivity contribution in [2.24, 2.45) is 0 Å². The molecule has 2 heterocycles. The highest BCUT2D eigenvalue weighted by Crippen LogP contribution is 2.38. The molecule has 2 aliphatic heterocycles. The van der Waals surface area contributed by atoms with Crippen molar-refractivity contribution >= 4 is 28.8 Å². The van der Waals surface area contributed by atoms with Gasteiger partial charge < -0.3 is 10.2 Å². The Morgan fingerprint density at radius 3 is 2.70 bits per heavy atom. The van der Waals surface area contributed by atoms with Crippen molar-refractivity contribution in [1.82, 2.24) is 4.90 Å². The number of amides is 1. The van der Waals surface area contributed by atoms with Gasteiger partial charge in [-0.3, -0.25) is 4.79 Å². The zero-order valence-electron chi connectivity index (χ0n) is 12.7. The zero-order valence-corrected chi connectivity index (χ0v) is 13.4. The molecular weight excluding hydrogens is 308 g/mol. The van der Waals surface area contributed by atoms with Gasteiger partial charge in [-0.25, -0.2) is 0 Å². The second-order valence-corrected chi connectivity index (χ2v) is 6.41. The summed E-state index contributed by atoms with van der Waals surface area (Å²) in [5.41, 5.74) is 5.14. The predicted octanol–water partition coefficient (Wildman–Crippen LogP) is 4.30. The van der Waals surface area contributed by atoms with E-state index in [0.29, 0.717) is 0 Å². The molecule has 0 aromatic heterocycles. The number of rotatable bonds is 2. The summed E-state index contributed by atoms with van der Waals surface area (Å²) < 4.78 is 0. The summed E-state index contributed by atoms with van der Waals surface area (Å²) in [6.45, 7) is 1.79. The lowest BCUT2D eigenvalue weighted by Gasteiger charge is -2.22. The third kappa shape index (κ3) is 2.62. The lowest BCUT2D eigenvalue weighted by Crippen LogP contribution is -2.20. The standard InChI is InChI=1S/C19H17ClN2O/c20-14-9-7-13(8-10-14)12-22-11-3-6-17(22)18-15-4-1-2-5-16(15)21-19(18)23/h1-2,4-5,7-10H,3,6,11-12H2,(H,21,23). The number of fused-ring (bicyclic) bond motifs is 1. The molecule has 0 saturated carbocycles. The van der Waals surface area contributed by atoms with E-state index in [2.05, 4.69) is 10.2 Å². The number of likely N-dealkylation sites (tertiary alicyclic amines) is 1. The van der Waals surface area contributed by atoms with Crippen molar-refractivity contribution in [2.75, 3.05) is 11.9 Å². The van der Waals surface area contributed by atoms with Gasteiger partial charge in [0, 0.05) is 35.1 Å². The van der Waals surface area contributed by atoms with Crippen molar-refractivity contribution in [1.29, 1.82) is 0 Å². The number of allylic oxidation sites excluding steroid dienone is 1. The summed E-state index contributed by atoms with van der Waals surface area (Å²) in [4.78, 5) is 14.8. The first-order valence-corrected chi connectivity index (χ1v) is 8.23. The van der Waals surface area contributed by atoms with E-state index < -0.39 is 0 Å². The average molecular weight is 325 g/mol. The van der Waals surface area contributed by atoms with Crippen LogP contribution in [0.1, 0.15) is 24.0 Å². The highest BCUT2D eigenvalue weighted by atomic mass is 35.5. The maximum Gasteiger partial charge on any atom is 0.258 e. The van der Waals surface area contributed by atoms with Gasteiger partial charge in [-0.2, -0.15) is 0 Å². The van der Waals surface area contributed by atoms with Gasteiger partial charge in [0.25, 0.3) is 5.91 Å². The molecule has 4 rings (SSSR count). The molecule has 0 bridgehead atoms. The number of carbonyl (C=O) groups is 1. The molecule has 0 unspecified atom stereocenters. The minimum Gasteiger partial charge on any atom is -0.370 e. The van der Waals surface area contributed by atoms with Crippen LogP contribution in [0.15, 0.2) is 54.2 Å².